The number of fused-ring (bicyclic) bond motifs is 1. The van der Waals surface area contributed by atoms with Crippen LogP contribution in [0.1, 0.15) is 0 Å². The van der Waals surface area contributed by atoms with Crippen LogP contribution in [0.25, 0.3) is 22.4 Å². The third kappa shape index (κ3) is 1.14. The van der Waals surface area contributed by atoms with Crippen molar-refractivity contribution < 1.29 is 0 Å². The van der Waals surface area contributed by atoms with Gasteiger partial charge in [0.1, 0.15) is 0 Å². The predicted octanol–water partition coefficient (Wildman–Crippen LogP) is 1.37. The molecule has 0 atom stereocenters. The van der Waals surface area contributed by atoms with Crippen LogP contribution in [0.4, 0.5) is 0 Å². The van der Waals surface area contributed by atoms with Crippen LogP contribution in [0.15, 0.2) is 30.3 Å². The molecule has 0 spiro atoms. The van der Waals surface area contributed by atoms with E-state index in [0.717, 1.165) is 11.5 Å². The Balaban J connectivity index is 2.33. The van der Waals surface area contributed by atoms with Gasteiger partial charge in [-0.1, -0.05) is 18.2 Å². The van der Waals surface area contributed by atoms with Gasteiger partial charge >= 0.3 is 0 Å². The third-order valence-electron chi connectivity index (χ3n) is 2.80. The summed E-state index contributed by atoms with van der Waals surface area (Å²) in [6, 6.07) is 10.3. The van der Waals surface area contributed by atoms with Crippen molar-refractivity contribution in [3.05, 3.63) is 30.3 Å². The highest BCUT2D eigenvalue weighted by atomic mass is 15.5. The maximum Gasteiger partial charge on any atom is 0.198 e. The van der Waals surface area contributed by atoms with Gasteiger partial charge in [0.15, 0.2) is 5.82 Å². The van der Waals surface area contributed by atoms with Gasteiger partial charge in [0.05, 0.1) is 5.69 Å². The molecule has 1 aromatic carbocycles. The Kier molecular flexibility index (Phi) is 1.80. The molecular weight excluding hydrogens is 202 g/mol. The van der Waals surface area contributed by atoms with Crippen molar-refractivity contribution in [2.24, 2.45) is 14.1 Å². The Morgan fingerprint density at radius 1 is 1.12 bits per heavy atom. The lowest BCUT2D eigenvalue weighted by Crippen LogP contribution is -1.99. The molecule has 3 aromatic rings. The highest BCUT2D eigenvalue weighted by Gasteiger charge is 2.12. The molecule has 5 heteroatoms. The van der Waals surface area contributed by atoms with E-state index < -0.39 is 0 Å². The number of aryl methyl sites for hydroxylation is 2. The molecule has 0 saturated heterocycles. The normalized spacial score (nSPS) is 11.1. The monoisotopic (exact) mass is 213 g/mol. The molecule has 0 unspecified atom stereocenters. The maximum atomic E-state index is 4.02. The molecular formula is C11H11N5. The summed E-state index contributed by atoms with van der Waals surface area (Å²) in [5, 5.41) is 12.7. The molecule has 80 valence electrons. The number of rotatable bonds is 1. The number of benzene rings is 1. The van der Waals surface area contributed by atoms with E-state index in [1.807, 2.05) is 26.2 Å². The van der Waals surface area contributed by atoms with E-state index in [1.54, 1.807) is 4.68 Å². The standard InChI is InChI=1S/C11H11N5/c1-15-9-6-4-3-5-8(9)7-10(15)11-12-13-14-16(11)2/h3-7H,1-2H3. The van der Waals surface area contributed by atoms with E-state index in [-0.39, 0.29) is 0 Å². The molecule has 0 radical (unpaired) electrons. The summed E-state index contributed by atoms with van der Waals surface area (Å²) in [6.45, 7) is 0. The van der Waals surface area contributed by atoms with Gasteiger partial charge in [0.2, 0.25) is 0 Å². The van der Waals surface area contributed by atoms with Crippen LogP contribution in [-0.4, -0.2) is 24.8 Å². The lowest BCUT2D eigenvalue weighted by atomic mass is 10.2. The molecule has 2 heterocycles. The van der Waals surface area contributed by atoms with Crippen molar-refractivity contribution in [1.82, 2.24) is 24.8 Å². The van der Waals surface area contributed by atoms with Crippen LogP contribution < -0.4 is 0 Å². The first-order chi connectivity index (χ1) is 7.77. The largest absolute Gasteiger partial charge is 0.341 e. The Bertz CT molecular complexity index is 649. The van der Waals surface area contributed by atoms with Crippen LogP contribution in [-0.2, 0) is 14.1 Å². The number of hydrogen-bond donors (Lipinski definition) is 0. The van der Waals surface area contributed by atoms with Crippen molar-refractivity contribution in [3.8, 4) is 11.5 Å². The quantitative estimate of drug-likeness (QED) is 0.613. The van der Waals surface area contributed by atoms with Crippen LogP contribution in [0.3, 0.4) is 0 Å². The summed E-state index contributed by atoms with van der Waals surface area (Å²) < 4.78 is 3.77. The first-order valence-corrected chi connectivity index (χ1v) is 5.04. The van der Waals surface area contributed by atoms with Crippen LogP contribution in [0.2, 0.25) is 0 Å². The minimum atomic E-state index is 0.777. The average molecular weight is 213 g/mol. The minimum Gasteiger partial charge on any atom is -0.341 e. The number of nitrogens with zero attached hydrogens (tertiary/aromatic N) is 5. The van der Waals surface area contributed by atoms with Crippen LogP contribution in [0, 0.1) is 0 Å². The summed E-state index contributed by atoms with van der Waals surface area (Å²) in [5.74, 6) is 0.777. The zero-order valence-corrected chi connectivity index (χ0v) is 9.12. The summed E-state index contributed by atoms with van der Waals surface area (Å²) in [4.78, 5) is 0. The lowest BCUT2D eigenvalue weighted by molar-refractivity contribution is 0.712. The minimum absolute atomic E-state index is 0.777. The molecule has 0 aliphatic carbocycles. The van der Waals surface area contributed by atoms with Gasteiger partial charge in [0, 0.05) is 25.0 Å². The topological polar surface area (TPSA) is 48.5 Å². The second-order valence-corrected chi connectivity index (χ2v) is 3.77. The second kappa shape index (κ2) is 3.16. The summed E-state index contributed by atoms with van der Waals surface area (Å²) >= 11 is 0. The molecule has 16 heavy (non-hydrogen) atoms. The molecule has 0 fully saturated rings. The fraction of sp³-hybridized carbons (Fsp3) is 0.182. The van der Waals surface area contributed by atoms with E-state index in [2.05, 4.69) is 38.3 Å². The van der Waals surface area contributed by atoms with E-state index in [4.69, 9.17) is 0 Å². The van der Waals surface area contributed by atoms with Crippen molar-refractivity contribution in [1.29, 1.82) is 0 Å². The number of hydrogen-bond acceptors (Lipinski definition) is 3. The average Bonchev–Trinajstić information content (AvgIpc) is 2.84. The maximum absolute atomic E-state index is 4.02. The van der Waals surface area contributed by atoms with Gasteiger partial charge in [-0.25, -0.2) is 4.68 Å². The van der Waals surface area contributed by atoms with Gasteiger partial charge in [-0.05, 0) is 22.6 Å². The number of para-hydroxylation sites is 1. The summed E-state index contributed by atoms with van der Waals surface area (Å²) in [5.41, 5.74) is 2.20. The number of tetrazole rings is 1. The van der Waals surface area contributed by atoms with Gasteiger partial charge < -0.3 is 4.57 Å². The Labute approximate surface area is 92.3 Å². The van der Waals surface area contributed by atoms with Crippen LogP contribution >= 0.6 is 0 Å². The number of aromatic nitrogens is 5. The van der Waals surface area contributed by atoms with Crippen LogP contribution in [0.5, 0.6) is 0 Å². The predicted molar refractivity (Wildman–Crippen MR) is 60.7 cm³/mol. The fourth-order valence-electron chi connectivity index (χ4n) is 1.95. The summed E-state index contributed by atoms with van der Waals surface area (Å²) in [7, 11) is 3.86. The fourth-order valence-corrected chi connectivity index (χ4v) is 1.95. The molecule has 0 N–H and O–H groups in total. The highest BCUT2D eigenvalue weighted by Crippen LogP contribution is 2.24. The molecule has 3 rings (SSSR count). The van der Waals surface area contributed by atoms with Crippen molar-refractivity contribution >= 4 is 10.9 Å². The first kappa shape index (κ1) is 9.08. The van der Waals surface area contributed by atoms with E-state index in [9.17, 15) is 0 Å². The van der Waals surface area contributed by atoms with E-state index in [0.29, 0.717) is 0 Å². The zero-order chi connectivity index (χ0) is 11.1. The highest BCUT2D eigenvalue weighted by molar-refractivity contribution is 5.85. The molecule has 0 bridgehead atoms. The molecule has 0 saturated carbocycles. The third-order valence-corrected chi connectivity index (χ3v) is 2.80. The molecule has 0 aliphatic rings. The molecule has 0 amide bonds. The van der Waals surface area contributed by atoms with Gasteiger partial charge in [-0.15, -0.1) is 5.10 Å². The van der Waals surface area contributed by atoms with Crippen molar-refractivity contribution in [2.45, 2.75) is 0 Å². The molecule has 0 aliphatic heterocycles. The smallest absolute Gasteiger partial charge is 0.198 e. The summed E-state index contributed by atoms with van der Waals surface area (Å²) in [6.07, 6.45) is 0. The zero-order valence-electron chi connectivity index (χ0n) is 9.12. The Morgan fingerprint density at radius 2 is 1.94 bits per heavy atom. The second-order valence-electron chi connectivity index (χ2n) is 3.77. The molecule has 5 nitrogen and oxygen atoms in total. The lowest BCUT2D eigenvalue weighted by Gasteiger charge is -2.01. The first-order valence-electron chi connectivity index (χ1n) is 5.04. The van der Waals surface area contributed by atoms with Gasteiger partial charge in [-0.3, -0.25) is 0 Å². The SMILES string of the molecule is Cn1nnnc1-c1cc2ccccc2n1C. The van der Waals surface area contributed by atoms with E-state index >= 15 is 0 Å². The molecule has 2 aromatic heterocycles. The Morgan fingerprint density at radius 3 is 2.62 bits per heavy atom. The van der Waals surface area contributed by atoms with Crippen molar-refractivity contribution in [2.75, 3.05) is 0 Å². The Hall–Kier alpha value is -2.17. The van der Waals surface area contributed by atoms with Gasteiger partial charge in [-0.2, -0.15) is 0 Å². The van der Waals surface area contributed by atoms with E-state index in [1.165, 1.54) is 10.9 Å². The van der Waals surface area contributed by atoms with Crippen molar-refractivity contribution in [3.63, 3.8) is 0 Å². The van der Waals surface area contributed by atoms with Gasteiger partial charge in [0.25, 0.3) is 0 Å².